The molecule has 0 aliphatic rings. The Kier molecular flexibility index (Phi) is 11.0. The van der Waals surface area contributed by atoms with Gasteiger partial charge in [0.15, 0.2) is 5.96 Å². The molecule has 5 N–H and O–H groups in total. The van der Waals surface area contributed by atoms with Crippen molar-refractivity contribution in [2.75, 3.05) is 19.7 Å². The Morgan fingerprint density at radius 3 is 2.56 bits per heavy atom. The number of thiol groups is 2. The minimum atomic E-state index is 0.0342. The van der Waals surface area contributed by atoms with E-state index in [0.29, 0.717) is 37.6 Å². The predicted molar refractivity (Wildman–Crippen MR) is 109 cm³/mol. The zero-order valence-corrected chi connectivity index (χ0v) is 16.2. The van der Waals surface area contributed by atoms with E-state index >= 15 is 0 Å². The average Bonchev–Trinajstić information content (AvgIpc) is 2.61. The molecule has 0 heterocycles. The number of nitrogens with two attached hydrogens (primary N) is 2. The molecule has 0 aliphatic carbocycles. The van der Waals surface area contributed by atoms with Crippen molar-refractivity contribution in [1.82, 2.24) is 5.32 Å². The second-order valence-electron chi connectivity index (χ2n) is 5.56. The van der Waals surface area contributed by atoms with Crippen molar-refractivity contribution in [3.05, 3.63) is 29.3 Å². The molecule has 25 heavy (non-hydrogen) atoms. The first-order chi connectivity index (χ1) is 12.1. The summed E-state index contributed by atoms with van der Waals surface area (Å²) in [7, 11) is 0. The summed E-state index contributed by atoms with van der Waals surface area (Å²) in [4.78, 5) is 15.6. The van der Waals surface area contributed by atoms with Crippen molar-refractivity contribution in [2.24, 2.45) is 16.5 Å². The number of aliphatic imine (C=N–C) groups is 1. The van der Waals surface area contributed by atoms with Gasteiger partial charge in [-0.2, -0.15) is 25.3 Å². The van der Waals surface area contributed by atoms with Crippen molar-refractivity contribution in [1.29, 1.82) is 0 Å². The van der Waals surface area contributed by atoms with Crippen LogP contribution in [0, 0.1) is 0 Å². The molecule has 0 bridgehead atoms. The largest absolute Gasteiger partial charge is 0.492 e. The first-order valence-electron chi connectivity index (χ1n) is 8.35. The number of carbonyl (C=O) groups is 1. The summed E-state index contributed by atoms with van der Waals surface area (Å²) >= 11 is 8.61. The molecule has 0 radical (unpaired) electrons. The first-order valence-corrected chi connectivity index (χ1v) is 9.61. The fourth-order valence-electron chi connectivity index (χ4n) is 2.22. The minimum Gasteiger partial charge on any atom is -0.492 e. The fraction of sp³-hybridized carbons (Fsp3) is 0.529. The normalized spacial score (nSPS) is 10.3. The van der Waals surface area contributed by atoms with E-state index in [4.69, 9.17) is 16.2 Å². The number of nitrogens with one attached hydrogen (secondary N) is 1. The first kappa shape index (κ1) is 21.5. The number of rotatable bonds is 12. The van der Waals surface area contributed by atoms with E-state index in [9.17, 15) is 4.79 Å². The van der Waals surface area contributed by atoms with Gasteiger partial charge in [-0.1, -0.05) is 12.5 Å². The summed E-state index contributed by atoms with van der Waals surface area (Å²) in [5.41, 5.74) is 12.7. The third kappa shape index (κ3) is 9.50. The lowest BCUT2D eigenvalue weighted by Crippen LogP contribution is -2.27. The van der Waals surface area contributed by atoms with Gasteiger partial charge >= 0.3 is 0 Å². The van der Waals surface area contributed by atoms with Crippen LogP contribution in [-0.4, -0.2) is 31.6 Å². The predicted octanol–water partition coefficient (Wildman–Crippen LogP) is 1.88. The highest BCUT2D eigenvalue weighted by Crippen LogP contribution is 2.20. The van der Waals surface area contributed by atoms with Gasteiger partial charge in [0.25, 0.3) is 0 Å². The van der Waals surface area contributed by atoms with Gasteiger partial charge in [0, 0.05) is 24.5 Å². The maximum Gasteiger partial charge on any atom is 0.220 e. The highest BCUT2D eigenvalue weighted by molar-refractivity contribution is 7.79. The number of carbonyl (C=O) groups excluding carboxylic acids is 1. The Hall–Kier alpha value is -1.54. The number of guanidine groups is 1. The van der Waals surface area contributed by atoms with Crippen molar-refractivity contribution >= 4 is 37.1 Å². The molecule has 0 saturated heterocycles. The second-order valence-corrected chi connectivity index (χ2v) is 6.19. The number of benzene rings is 1. The molecule has 0 saturated carbocycles. The molecule has 0 aliphatic heterocycles. The lowest BCUT2D eigenvalue weighted by atomic mass is 10.1. The summed E-state index contributed by atoms with van der Waals surface area (Å²) in [5.74, 6) is 2.25. The van der Waals surface area contributed by atoms with Crippen LogP contribution in [0.5, 0.6) is 5.75 Å². The fourth-order valence-corrected chi connectivity index (χ4v) is 2.83. The molecule has 8 heteroatoms. The molecule has 1 aromatic carbocycles. The molecular weight excluding hydrogens is 356 g/mol. The zero-order valence-electron chi connectivity index (χ0n) is 14.4. The van der Waals surface area contributed by atoms with Gasteiger partial charge in [0.05, 0.1) is 6.54 Å². The SMILES string of the molecule is NC(N)=NCCCCCC(=O)NCCOc1ccc(CS)c(CS)c1. The van der Waals surface area contributed by atoms with Gasteiger partial charge in [-0.15, -0.1) is 0 Å². The maximum absolute atomic E-state index is 11.7. The maximum atomic E-state index is 11.7. The van der Waals surface area contributed by atoms with Crippen LogP contribution in [0.4, 0.5) is 0 Å². The zero-order chi connectivity index (χ0) is 18.5. The Morgan fingerprint density at radius 1 is 1.12 bits per heavy atom. The molecule has 0 spiro atoms. The molecule has 0 unspecified atom stereocenters. The van der Waals surface area contributed by atoms with Crippen LogP contribution >= 0.6 is 25.3 Å². The summed E-state index contributed by atoms with van der Waals surface area (Å²) in [6.07, 6.45) is 3.13. The van der Waals surface area contributed by atoms with Crippen LogP contribution in [0.15, 0.2) is 23.2 Å². The number of unbranched alkanes of at least 4 members (excludes halogenated alkanes) is 2. The van der Waals surface area contributed by atoms with Gasteiger partial charge in [-0.05, 0) is 36.1 Å². The number of hydrogen-bond acceptors (Lipinski definition) is 5. The number of amides is 1. The number of nitrogens with zero attached hydrogens (tertiary/aromatic N) is 1. The van der Waals surface area contributed by atoms with Gasteiger partial charge in [-0.3, -0.25) is 9.79 Å². The van der Waals surface area contributed by atoms with Gasteiger partial charge in [0.2, 0.25) is 5.91 Å². The van der Waals surface area contributed by atoms with Crippen LogP contribution in [0.3, 0.4) is 0 Å². The topological polar surface area (TPSA) is 103 Å². The van der Waals surface area contributed by atoms with Crippen LogP contribution in [0.1, 0.15) is 36.8 Å². The second kappa shape index (κ2) is 12.8. The molecule has 6 nitrogen and oxygen atoms in total. The summed E-state index contributed by atoms with van der Waals surface area (Å²) in [6.45, 7) is 1.53. The minimum absolute atomic E-state index is 0.0342. The Morgan fingerprint density at radius 2 is 1.88 bits per heavy atom. The average molecular weight is 385 g/mol. The van der Waals surface area contributed by atoms with E-state index in [-0.39, 0.29) is 11.9 Å². The van der Waals surface area contributed by atoms with Crippen molar-refractivity contribution in [3.63, 3.8) is 0 Å². The van der Waals surface area contributed by atoms with E-state index in [1.54, 1.807) is 0 Å². The Labute approximate surface area is 160 Å². The highest BCUT2D eigenvalue weighted by Gasteiger charge is 2.04. The summed E-state index contributed by atoms with van der Waals surface area (Å²) in [6, 6.07) is 5.88. The highest BCUT2D eigenvalue weighted by atomic mass is 32.1. The van der Waals surface area contributed by atoms with Gasteiger partial charge in [-0.25, -0.2) is 0 Å². The molecule has 0 fully saturated rings. The molecular formula is C17H28N4O2S2. The monoisotopic (exact) mass is 384 g/mol. The Balaban J connectivity index is 2.14. The van der Waals surface area contributed by atoms with Crippen molar-refractivity contribution in [3.8, 4) is 5.75 Å². The van der Waals surface area contributed by atoms with E-state index in [2.05, 4.69) is 35.6 Å². The summed E-state index contributed by atoms with van der Waals surface area (Å²) in [5, 5.41) is 2.85. The standard InChI is InChI=1S/C17H28N4O2S2/c18-17(19)21-7-3-1-2-4-16(22)20-8-9-23-15-6-5-13(11-24)14(10-15)12-25/h5-6,10,24-25H,1-4,7-9,11-12H2,(H,20,22)(H4,18,19,21). The van der Waals surface area contributed by atoms with E-state index in [0.717, 1.165) is 36.1 Å². The van der Waals surface area contributed by atoms with Gasteiger partial charge in [0.1, 0.15) is 12.4 Å². The van der Waals surface area contributed by atoms with Crippen molar-refractivity contribution < 1.29 is 9.53 Å². The Bertz CT molecular complexity index is 564. The van der Waals surface area contributed by atoms with Crippen LogP contribution in [0.25, 0.3) is 0 Å². The van der Waals surface area contributed by atoms with Crippen LogP contribution < -0.4 is 21.5 Å². The van der Waals surface area contributed by atoms with E-state index < -0.39 is 0 Å². The van der Waals surface area contributed by atoms with Crippen LogP contribution in [0.2, 0.25) is 0 Å². The molecule has 1 amide bonds. The summed E-state index contributed by atoms with van der Waals surface area (Å²) < 4.78 is 5.67. The lowest BCUT2D eigenvalue weighted by Gasteiger charge is -2.11. The number of ether oxygens (including phenoxy) is 1. The quantitative estimate of drug-likeness (QED) is 0.164. The molecule has 140 valence electrons. The smallest absolute Gasteiger partial charge is 0.220 e. The van der Waals surface area contributed by atoms with Crippen LogP contribution in [-0.2, 0) is 16.3 Å². The molecule has 1 aromatic rings. The van der Waals surface area contributed by atoms with E-state index in [1.807, 2.05) is 18.2 Å². The third-order valence-electron chi connectivity index (χ3n) is 3.57. The van der Waals surface area contributed by atoms with E-state index in [1.165, 1.54) is 0 Å². The number of hydrogen-bond donors (Lipinski definition) is 5. The molecule has 0 aromatic heterocycles. The van der Waals surface area contributed by atoms with Crippen molar-refractivity contribution in [2.45, 2.75) is 37.2 Å². The third-order valence-corrected chi connectivity index (χ3v) is 4.25. The van der Waals surface area contributed by atoms with Gasteiger partial charge < -0.3 is 21.5 Å². The molecule has 1 rings (SSSR count). The molecule has 0 atom stereocenters. The lowest BCUT2D eigenvalue weighted by molar-refractivity contribution is -0.121.